The van der Waals surface area contributed by atoms with E-state index in [-0.39, 0.29) is 18.1 Å². The molecule has 0 spiro atoms. The molecular formula is C10H14F3N3O. The monoisotopic (exact) mass is 249 g/mol. The summed E-state index contributed by atoms with van der Waals surface area (Å²) in [5, 5.41) is 8.73. The molecule has 7 heteroatoms. The summed E-state index contributed by atoms with van der Waals surface area (Å²) in [6.45, 7) is 5.37. The van der Waals surface area contributed by atoms with Crippen molar-refractivity contribution in [3.8, 4) is 0 Å². The molecule has 0 unspecified atom stereocenters. The minimum atomic E-state index is -4.49. The molecule has 96 valence electrons. The lowest BCUT2D eigenvalue weighted by Crippen LogP contribution is -2.20. The first-order valence-electron chi connectivity index (χ1n) is 5.04. The SMILES string of the molecule is CC.CC(=O)NCc1ccc(C(F)(F)F)nn1. The van der Waals surface area contributed by atoms with Crippen LogP contribution in [0, 0.1) is 0 Å². The number of amides is 1. The lowest BCUT2D eigenvalue weighted by Gasteiger charge is -2.05. The van der Waals surface area contributed by atoms with E-state index in [1.165, 1.54) is 13.0 Å². The van der Waals surface area contributed by atoms with Crippen LogP contribution in [-0.4, -0.2) is 16.1 Å². The first-order chi connectivity index (χ1) is 7.89. The second-order valence-corrected chi connectivity index (χ2v) is 2.82. The van der Waals surface area contributed by atoms with Crippen LogP contribution in [0.1, 0.15) is 32.2 Å². The van der Waals surface area contributed by atoms with Gasteiger partial charge in [0.1, 0.15) is 0 Å². The second kappa shape index (κ2) is 6.82. The Morgan fingerprint density at radius 1 is 1.29 bits per heavy atom. The summed E-state index contributed by atoms with van der Waals surface area (Å²) in [5.41, 5.74) is -0.771. The summed E-state index contributed by atoms with van der Waals surface area (Å²) in [4.78, 5) is 10.5. The maximum absolute atomic E-state index is 12.1. The fourth-order valence-corrected chi connectivity index (χ4v) is 0.820. The van der Waals surface area contributed by atoms with Crippen molar-refractivity contribution in [1.82, 2.24) is 15.5 Å². The zero-order valence-corrected chi connectivity index (χ0v) is 9.80. The van der Waals surface area contributed by atoms with Crippen LogP contribution in [0.25, 0.3) is 0 Å². The van der Waals surface area contributed by atoms with Gasteiger partial charge < -0.3 is 5.32 Å². The normalized spacial score (nSPS) is 10.2. The standard InChI is InChI=1S/C8H8F3N3O.C2H6/c1-5(15)12-4-6-2-3-7(14-13-6)8(9,10)11;1-2/h2-3H,4H2,1H3,(H,12,15);1-2H3. The van der Waals surface area contributed by atoms with Crippen LogP contribution in [0.3, 0.4) is 0 Å². The van der Waals surface area contributed by atoms with Crippen molar-refractivity contribution in [3.05, 3.63) is 23.5 Å². The molecule has 1 aromatic rings. The van der Waals surface area contributed by atoms with Gasteiger partial charge in [0.05, 0.1) is 12.2 Å². The van der Waals surface area contributed by atoms with Gasteiger partial charge in [-0.1, -0.05) is 13.8 Å². The van der Waals surface area contributed by atoms with E-state index >= 15 is 0 Å². The molecule has 0 atom stereocenters. The Labute approximate surface area is 97.2 Å². The molecule has 0 saturated heterocycles. The molecule has 1 aromatic heterocycles. The van der Waals surface area contributed by atoms with Crippen LogP contribution < -0.4 is 5.32 Å². The van der Waals surface area contributed by atoms with Crippen molar-refractivity contribution in [3.63, 3.8) is 0 Å². The third-order valence-electron chi connectivity index (χ3n) is 1.53. The van der Waals surface area contributed by atoms with Crippen LogP contribution in [-0.2, 0) is 17.5 Å². The van der Waals surface area contributed by atoms with Crippen molar-refractivity contribution in [1.29, 1.82) is 0 Å². The number of rotatable bonds is 2. The summed E-state index contributed by atoms with van der Waals surface area (Å²) >= 11 is 0. The Morgan fingerprint density at radius 2 is 1.88 bits per heavy atom. The highest BCUT2D eigenvalue weighted by atomic mass is 19.4. The van der Waals surface area contributed by atoms with E-state index in [2.05, 4.69) is 15.5 Å². The molecule has 0 aliphatic carbocycles. The van der Waals surface area contributed by atoms with Gasteiger partial charge in [0, 0.05) is 6.92 Å². The molecule has 1 heterocycles. The largest absolute Gasteiger partial charge is 0.435 e. The zero-order valence-electron chi connectivity index (χ0n) is 9.80. The van der Waals surface area contributed by atoms with Crippen molar-refractivity contribution in [2.45, 2.75) is 33.5 Å². The highest BCUT2D eigenvalue weighted by molar-refractivity contribution is 5.72. The van der Waals surface area contributed by atoms with Gasteiger partial charge in [0.15, 0.2) is 5.69 Å². The number of carbonyl (C=O) groups excluding carboxylic acids is 1. The maximum atomic E-state index is 12.1. The van der Waals surface area contributed by atoms with E-state index in [0.717, 1.165) is 6.07 Å². The molecule has 1 N–H and O–H groups in total. The van der Waals surface area contributed by atoms with Gasteiger partial charge in [0.25, 0.3) is 0 Å². The number of nitrogens with zero attached hydrogens (tertiary/aromatic N) is 2. The van der Waals surface area contributed by atoms with Gasteiger partial charge in [-0.3, -0.25) is 4.79 Å². The van der Waals surface area contributed by atoms with Gasteiger partial charge in [-0.15, -0.1) is 5.10 Å². The van der Waals surface area contributed by atoms with Crippen LogP contribution >= 0.6 is 0 Å². The van der Waals surface area contributed by atoms with E-state index < -0.39 is 11.9 Å². The highest BCUT2D eigenvalue weighted by Gasteiger charge is 2.32. The number of hydrogen-bond acceptors (Lipinski definition) is 3. The molecule has 0 saturated carbocycles. The molecule has 0 fully saturated rings. The predicted molar refractivity (Wildman–Crippen MR) is 55.9 cm³/mol. The summed E-state index contributed by atoms with van der Waals surface area (Å²) in [5.74, 6) is -0.281. The quantitative estimate of drug-likeness (QED) is 0.873. The summed E-state index contributed by atoms with van der Waals surface area (Å²) < 4.78 is 36.2. The Kier molecular flexibility index (Phi) is 6.16. The van der Waals surface area contributed by atoms with Crippen LogP contribution in [0.4, 0.5) is 13.2 Å². The molecule has 4 nitrogen and oxygen atoms in total. The average molecular weight is 249 g/mol. The Bertz CT molecular complexity index is 349. The number of nitrogens with one attached hydrogen (secondary N) is 1. The Morgan fingerprint density at radius 3 is 2.24 bits per heavy atom. The topological polar surface area (TPSA) is 54.9 Å². The zero-order chi connectivity index (χ0) is 13.5. The van der Waals surface area contributed by atoms with Gasteiger partial charge >= 0.3 is 6.18 Å². The molecule has 17 heavy (non-hydrogen) atoms. The lowest BCUT2D eigenvalue weighted by molar-refractivity contribution is -0.141. The Hall–Kier alpha value is -1.66. The first kappa shape index (κ1) is 15.3. The van der Waals surface area contributed by atoms with Gasteiger partial charge in [-0.2, -0.15) is 18.3 Å². The van der Waals surface area contributed by atoms with Crippen molar-refractivity contribution < 1.29 is 18.0 Å². The van der Waals surface area contributed by atoms with E-state index in [0.29, 0.717) is 0 Å². The molecule has 1 amide bonds. The number of hydrogen-bond donors (Lipinski definition) is 1. The number of alkyl halides is 3. The number of halogens is 3. The maximum Gasteiger partial charge on any atom is 0.435 e. The minimum absolute atomic E-state index is 0.0699. The van der Waals surface area contributed by atoms with Gasteiger partial charge in [0.2, 0.25) is 5.91 Å². The lowest BCUT2D eigenvalue weighted by atomic mass is 10.3. The van der Waals surface area contributed by atoms with Gasteiger partial charge in [-0.05, 0) is 12.1 Å². The Balaban J connectivity index is 0.00000121. The molecule has 0 bridgehead atoms. The van der Waals surface area contributed by atoms with Gasteiger partial charge in [-0.25, -0.2) is 0 Å². The number of aromatic nitrogens is 2. The van der Waals surface area contributed by atoms with Crippen molar-refractivity contribution >= 4 is 5.91 Å². The predicted octanol–water partition coefficient (Wildman–Crippen LogP) is 2.16. The molecule has 0 radical (unpaired) electrons. The van der Waals surface area contributed by atoms with Crippen molar-refractivity contribution in [2.75, 3.05) is 0 Å². The highest BCUT2D eigenvalue weighted by Crippen LogP contribution is 2.26. The third-order valence-corrected chi connectivity index (χ3v) is 1.53. The van der Waals surface area contributed by atoms with Crippen LogP contribution in [0.5, 0.6) is 0 Å². The fraction of sp³-hybridized carbons (Fsp3) is 0.500. The van der Waals surface area contributed by atoms with E-state index in [9.17, 15) is 18.0 Å². The van der Waals surface area contributed by atoms with Crippen LogP contribution in [0.15, 0.2) is 12.1 Å². The van der Waals surface area contributed by atoms with E-state index in [1.807, 2.05) is 13.8 Å². The summed E-state index contributed by atoms with van der Waals surface area (Å²) in [6, 6.07) is 2.00. The molecule has 0 aliphatic heterocycles. The molecule has 0 aliphatic rings. The summed E-state index contributed by atoms with van der Waals surface area (Å²) in [6.07, 6.45) is -4.49. The number of carbonyl (C=O) groups is 1. The molecular weight excluding hydrogens is 235 g/mol. The van der Waals surface area contributed by atoms with E-state index in [1.54, 1.807) is 0 Å². The minimum Gasteiger partial charge on any atom is -0.351 e. The summed E-state index contributed by atoms with van der Waals surface area (Å²) in [7, 11) is 0. The van der Waals surface area contributed by atoms with Crippen molar-refractivity contribution in [2.24, 2.45) is 0 Å². The average Bonchev–Trinajstić information content (AvgIpc) is 2.28. The smallest absolute Gasteiger partial charge is 0.351 e. The molecule has 0 aromatic carbocycles. The van der Waals surface area contributed by atoms with E-state index in [4.69, 9.17) is 0 Å². The second-order valence-electron chi connectivity index (χ2n) is 2.82. The third kappa shape index (κ3) is 5.84. The fourth-order valence-electron chi connectivity index (χ4n) is 0.820. The first-order valence-corrected chi connectivity index (χ1v) is 5.04. The molecule has 1 rings (SSSR count). The van der Waals surface area contributed by atoms with Crippen LogP contribution in [0.2, 0.25) is 0 Å².